The lowest BCUT2D eigenvalue weighted by atomic mass is 9.89. The van der Waals surface area contributed by atoms with Gasteiger partial charge in [0.05, 0.1) is 6.10 Å². The molecule has 1 unspecified atom stereocenters. The lowest BCUT2D eigenvalue weighted by Crippen LogP contribution is -2.54. The van der Waals surface area contributed by atoms with Crippen molar-refractivity contribution >= 4 is 17.6 Å². The minimum absolute atomic E-state index is 0.00554. The molecule has 1 aliphatic rings. The molecular weight excluding hydrogens is 616 g/mol. The number of aliphatic hydroxyl groups is 1. The third kappa shape index (κ3) is 7.09. The molecule has 0 bridgehead atoms. The van der Waals surface area contributed by atoms with Gasteiger partial charge in [-0.3, -0.25) is 9.69 Å². The highest BCUT2D eigenvalue weighted by molar-refractivity contribution is 6.07. The van der Waals surface area contributed by atoms with E-state index in [1.54, 1.807) is 61.5 Å². The Balaban J connectivity index is 1.43. The van der Waals surface area contributed by atoms with Crippen LogP contribution >= 0.6 is 0 Å². The number of imide groups is 1. The summed E-state index contributed by atoms with van der Waals surface area (Å²) in [5, 5.41) is 15.7. The number of hydrogen-bond donors (Lipinski definition) is 3. The van der Waals surface area contributed by atoms with Crippen molar-refractivity contribution in [2.24, 2.45) is 0 Å². The highest BCUT2D eigenvalue weighted by Gasteiger charge is 2.71. The smallest absolute Gasteiger partial charge is 0.430 e. The fourth-order valence-corrected chi connectivity index (χ4v) is 5.29. The summed E-state index contributed by atoms with van der Waals surface area (Å²) >= 11 is 0. The Bertz CT molecular complexity index is 1510. The van der Waals surface area contributed by atoms with Crippen molar-refractivity contribution in [3.05, 3.63) is 95.1 Å². The van der Waals surface area contributed by atoms with E-state index in [2.05, 4.69) is 10.6 Å². The van der Waals surface area contributed by atoms with Gasteiger partial charge in [0.1, 0.15) is 11.3 Å². The number of nitrogens with zero attached hydrogens (tertiary/aromatic N) is 1. The molecule has 46 heavy (non-hydrogen) atoms. The maximum absolute atomic E-state index is 13.6. The quantitative estimate of drug-likeness (QED) is 0.111. The number of carbonyl (C=O) groups is 2. The van der Waals surface area contributed by atoms with E-state index in [0.717, 1.165) is 11.0 Å². The minimum atomic E-state index is -6.01. The van der Waals surface area contributed by atoms with Crippen LogP contribution in [0.4, 0.5) is 36.8 Å². The molecule has 0 aliphatic carbocycles. The van der Waals surface area contributed by atoms with E-state index in [9.17, 15) is 41.0 Å². The number of unbranched alkanes of at least 4 members (excludes halogenated alkanes) is 1. The van der Waals surface area contributed by atoms with Gasteiger partial charge >= 0.3 is 18.4 Å². The lowest BCUT2D eigenvalue weighted by molar-refractivity contribution is -0.376. The van der Waals surface area contributed by atoms with Gasteiger partial charge in [0.15, 0.2) is 0 Å². The van der Waals surface area contributed by atoms with Crippen LogP contribution in [0.2, 0.25) is 0 Å². The van der Waals surface area contributed by atoms with Crippen molar-refractivity contribution in [1.82, 2.24) is 10.2 Å². The number of ether oxygens (including phenoxy) is 1. The molecule has 0 spiro atoms. The first-order valence-electron chi connectivity index (χ1n) is 14.7. The van der Waals surface area contributed by atoms with Gasteiger partial charge in [0, 0.05) is 24.3 Å². The van der Waals surface area contributed by atoms with Gasteiger partial charge in [-0.2, -0.15) is 26.3 Å². The number of halogens is 6. The number of rotatable bonds is 12. The molecule has 3 aromatic carbocycles. The van der Waals surface area contributed by atoms with E-state index in [-0.39, 0.29) is 36.9 Å². The molecule has 3 N–H and O–H groups in total. The number of amides is 3. The first kappa shape index (κ1) is 34.6. The van der Waals surface area contributed by atoms with Crippen molar-refractivity contribution in [1.29, 1.82) is 0 Å². The van der Waals surface area contributed by atoms with Gasteiger partial charge in [-0.1, -0.05) is 48.5 Å². The van der Waals surface area contributed by atoms with E-state index in [1.165, 1.54) is 0 Å². The number of carbonyl (C=O) groups excluding carboxylic acids is 2. The van der Waals surface area contributed by atoms with E-state index < -0.39 is 41.0 Å². The third-order valence-electron chi connectivity index (χ3n) is 7.78. The van der Waals surface area contributed by atoms with Crippen molar-refractivity contribution in [2.45, 2.75) is 69.6 Å². The van der Waals surface area contributed by atoms with E-state index in [4.69, 9.17) is 4.74 Å². The number of nitrogens with one attached hydrogen (secondary N) is 2. The normalized spacial score (nSPS) is 17.4. The van der Waals surface area contributed by atoms with Crippen LogP contribution < -0.4 is 15.4 Å². The number of anilines is 1. The van der Waals surface area contributed by atoms with Crippen LogP contribution in [0.25, 0.3) is 0 Å². The second-order valence-corrected chi connectivity index (χ2v) is 11.6. The van der Waals surface area contributed by atoms with Gasteiger partial charge in [0.25, 0.3) is 11.5 Å². The Hall–Kier alpha value is -4.26. The highest BCUT2D eigenvalue weighted by atomic mass is 19.4. The van der Waals surface area contributed by atoms with Crippen LogP contribution in [0.5, 0.6) is 5.75 Å². The van der Waals surface area contributed by atoms with Gasteiger partial charge in [-0.15, -0.1) is 0 Å². The van der Waals surface area contributed by atoms with Crippen LogP contribution in [0.1, 0.15) is 55.9 Å². The van der Waals surface area contributed by atoms with Gasteiger partial charge in [-0.25, -0.2) is 4.79 Å². The van der Waals surface area contributed by atoms with E-state index in [0.29, 0.717) is 41.9 Å². The molecule has 3 amide bonds. The van der Waals surface area contributed by atoms with Crippen LogP contribution in [0.15, 0.2) is 72.8 Å². The molecule has 1 atom stereocenters. The second-order valence-electron chi connectivity index (χ2n) is 11.6. The fraction of sp³-hybridized carbons (Fsp3) is 0.394. The number of benzene rings is 3. The summed E-state index contributed by atoms with van der Waals surface area (Å²) in [7, 11) is 0. The van der Waals surface area contributed by atoms with Crippen molar-refractivity contribution in [3.8, 4) is 5.75 Å². The Morgan fingerprint density at radius 2 is 1.54 bits per heavy atom. The summed E-state index contributed by atoms with van der Waals surface area (Å²) in [6, 6.07) is 17.2. The number of urea groups is 1. The minimum Gasteiger partial charge on any atom is -0.491 e. The monoisotopic (exact) mass is 651 g/mol. The van der Waals surface area contributed by atoms with Gasteiger partial charge in [0.2, 0.25) is 0 Å². The molecule has 7 nitrogen and oxygen atoms in total. The summed E-state index contributed by atoms with van der Waals surface area (Å²) in [4.78, 5) is 27.1. The molecule has 1 saturated heterocycles. The zero-order valence-electron chi connectivity index (χ0n) is 25.4. The van der Waals surface area contributed by atoms with Gasteiger partial charge in [-0.05, 0) is 81.0 Å². The molecule has 1 heterocycles. The van der Waals surface area contributed by atoms with E-state index >= 15 is 0 Å². The molecule has 13 heteroatoms. The Kier molecular flexibility index (Phi) is 9.95. The highest BCUT2D eigenvalue weighted by Crippen LogP contribution is 2.50. The topological polar surface area (TPSA) is 90.9 Å². The summed E-state index contributed by atoms with van der Waals surface area (Å²) < 4.78 is 87.1. The molecule has 0 radical (unpaired) electrons. The van der Waals surface area contributed by atoms with Crippen molar-refractivity contribution in [2.75, 3.05) is 18.4 Å². The molecule has 1 aliphatic heterocycles. The zero-order chi connectivity index (χ0) is 33.9. The molecule has 248 valence electrons. The lowest BCUT2D eigenvalue weighted by Gasteiger charge is -2.33. The third-order valence-corrected chi connectivity index (χ3v) is 7.78. The first-order valence-corrected chi connectivity index (χ1v) is 14.7. The first-order chi connectivity index (χ1) is 21.5. The largest absolute Gasteiger partial charge is 0.491 e. The molecule has 4 rings (SSSR count). The fourth-order valence-electron chi connectivity index (χ4n) is 5.29. The van der Waals surface area contributed by atoms with Crippen LogP contribution in [-0.2, 0) is 22.4 Å². The second kappa shape index (κ2) is 13.2. The predicted octanol–water partition coefficient (Wildman–Crippen LogP) is 7.04. The Labute approximate surface area is 262 Å². The Morgan fingerprint density at radius 3 is 2.13 bits per heavy atom. The average molecular weight is 652 g/mol. The molecular formula is C33H35F6N3O4. The average Bonchev–Trinajstić information content (AvgIpc) is 3.20. The maximum atomic E-state index is 13.6. The standard InChI is InChI=1S/C33H35F6N3O4/c1-21(2)46-26-14-11-24(12-15-26)30(3)28(43)42(29(44)41-30)18-8-7-17-40-27-16-13-25(31(45,32(34,35)36)33(37,38)39)20-23(27)19-22-9-5-4-6-10-22/h4-6,9-16,20-21,40,45H,7-8,17-19H2,1-3H3,(H,41,44). The SMILES string of the molecule is CC(C)Oc1ccc(C2(C)NC(=O)N(CCCCNc3ccc(C(O)(C(F)(F)F)C(F)(F)F)cc3Cc3ccccc3)C2=O)cc1. The Morgan fingerprint density at radius 1 is 0.913 bits per heavy atom. The molecule has 0 aromatic heterocycles. The summed E-state index contributed by atoms with van der Waals surface area (Å²) in [5.74, 6) is 0.201. The summed E-state index contributed by atoms with van der Waals surface area (Å²) in [6.07, 6.45) is -11.3. The number of alkyl halides is 6. The number of hydrogen-bond acceptors (Lipinski definition) is 5. The summed E-state index contributed by atoms with van der Waals surface area (Å²) in [6.45, 7) is 5.72. The molecule has 0 saturated carbocycles. The summed E-state index contributed by atoms with van der Waals surface area (Å²) in [5.41, 5.74) is -6.04. The van der Waals surface area contributed by atoms with Crippen LogP contribution in [-0.4, -0.2) is 53.5 Å². The van der Waals surface area contributed by atoms with Crippen LogP contribution in [0.3, 0.4) is 0 Å². The van der Waals surface area contributed by atoms with Crippen molar-refractivity contribution in [3.63, 3.8) is 0 Å². The maximum Gasteiger partial charge on any atom is 0.430 e. The molecule has 3 aromatic rings. The van der Waals surface area contributed by atoms with Crippen molar-refractivity contribution < 1.29 is 45.8 Å². The van der Waals surface area contributed by atoms with Gasteiger partial charge < -0.3 is 20.5 Å². The molecule has 1 fully saturated rings. The van der Waals surface area contributed by atoms with E-state index in [1.807, 2.05) is 13.8 Å². The van der Waals surface area contributed by atoms with Crippen LogP contribution in [0, 0.1) is 0 Å². The predicted molar refractivity (Wildman–Crippen MR) is 159 cm³/mol. The zero-order valence-corrected chi connectivity index (χ0v) is 25.4.